The first-order valence-electron chi connectivity index (χ1n) is 8.01. The van der Waals surface area contributed by atoms with E-state index >= 15 is 0 Å². The quantitative estimate of drug-likeness (QED) is 0.732. The number of hydrogen-bond donors (Lipinski definition) is 3. The average Bonchev–Trinajstić information content (AvgIpc) is 2.78. The minimum Gasteiger partial charge on any atom is -0.496 e. The molecule has 1 aromatic rings. The molecule has 22 heavy (non-hydrogen) atoms. The van der Waals surface area contributed by atoms with E-state index in [-0.39, 0.29) is 24.6 Å². The van der Waals surface area contributed by atoms with Crippen molar-refractivity contribution in [2.24, 2.45) is 5.92 Å². The molecular weight excluding hydrogens is 280 g/mol. The first-order valence-corrected chi connectivity index (χ1v) is 8.01. The average molecular weight is 306 g/mol. The number of carbonyl (C=O) groups is 1. The van der Waals surface area contributed by atoms with Gasteiger partial charge < -0.3 is 20.5 Å². The van der Waals surface area contributed by atoms with E-state index in [1.54, 1.807) is 7.11 Å². The summed E-state index contributed by atoms with van der Waals surface area (Å²) in [6, 6.07) is 7.51. The van der Waals surface area contributed by atoms with Gasteiger partial charge in [-0.15, -0.1) is 0 Å². The molecule has 2 unspecified atom stereocenters. The Morgan fingerprint density at radius 2 is 2.05 bits per heavy atom. The number of carbonyl (C=O) groups excluding carboxylic acids is 1. The Kier molecular flexibility index (Phi) is 6.52. The van der Waals surface area contributed by atoms with Gasteiger partial charge in [-0.3, -0.25) is 0 Å². The Morgan fingerprint density at radius 3 is 2.82 bits per heavy atom. The van der Waals surface area contributed by atoms with Crippen LogP contribution in [-0.4, -0.2) is 30.9 Å². The van der Waals surface area contributed by atoms with E-state index in [4.69, 9.17) is 4.74 Å². The molecule has 2 atom stereocenters. The third kappa shape index (κ3) is 4.63. The highest BCUT2D eigenvalue weighted by atomic mass is 16.5. The molecule has 0 aromatic heterocycles. The van der Waals surface area contributed by atoms with Crippen molar-refractivity contribution in [3.63, 3.8) is 0 Å². The minimum atomic E-state index is -0.184. The second-order valence-electron chi connectivity index (χ2n) is 5.83. The summed E-state index contributed by atoms with van der Waals surface area (Å²) in [5.41, 5.74) is 0.944. The highest BCUT2D eigenvalue weighted by molar-refractivity contribution is 5.74. The fraction of sp³-hybridized carbons (Fsp3) is 0.588. The van der Waals surface area contributed by atoms with Crippen molar-refractivity contribution < 1.29 is 14.6 Å². The molecule has 0 spiro atoms. The van der Waals surface area contributed by atoms with E-state index in [0.29, 0.717) is 6.54 Å². The third-order valence-electron chi connectivity index (χ3n) is 4.34. The van der Waals surface area contributed by atoms with Crippen LogP contribution in [0.4, 0.5) is 4.79 Å². The fourth-order valence-corrected chi connectivity index (χ4v) is 3.04. The molecule has 2 amide bonds. The second-order valence-corrected chi connectivity index (χ2v) is 5.83. The number of methoxy groups -OCH3 is 1. The van der Waals surface area contributed by atoms with Crippen LogP contribution in [0.2, 0.25) is 0 Å². The number of para-hydroxylation sites is 1. The SMILES string of the molecule is COc1ccccc1CNC(=O)NC1CCCCCC1CO. The summed E-state index contributed by atoms with van der Waals surface area (Å²) < 4.78 is 5.27. The predicted molar refractivity (Wildman–Crippen MR) is 85.8 cm³/mol. The summed E-state index contributed by atoms with van der Waals surface area (Å²) in [5, 5.41) is 15.4. The lowest BCUT2D eigenvalue weighted by atomic mass is 9.96. The molecule has 3 N–H and O–H groups in total. The first-order chi connectivity index (χ1) is 10.7. The molecule has 1 aromatic carbocycles. The van der Waals surface area contributed by atoms with Gasteiger partial charge in [-0.25, -0.2) is 4.79 Å². The van der Waals surface area contributed by atoms with Gasteiger partial charge in [0.1, 0.15) is 5.75 Å². The normalized spacial score (nSPS) is 21.7. The van der Waals surface area contributed by atoms with Gasteiger partial charge in [0.05, 0.1) is 7.11 Å². The number of ether oxygens (including phenoxy) is 1. The topological polar surface area (TPSA) is 70.6 Å². The van der Waals surface area contributed by atoms with E-state index in [0.717, 1.165) is 37.0 Å². The maximum absolute atomic E-state index is 12.1. The highest BCUT2D eigenvalue weighted by Gasteiger charge is 2.24. The molecule has 2 rings (SSSR count). The van der Waals surface area contributed by atoms with Crippen molar-refractivity contribution >= 4 is 6.03 Å². The molecule has 0 heterocycles. The Bertz CT molecular complexity index is 479. The molecule has 122 valence electrons. The number of hydrogen-bond acceptors (Lipinski definition) is 3. The van der Waals surface area contributed by atoms with Gasteiger partial charge in [0, 0.05) is 30.7 Å². The number of aliphatic hydroxyl groups excluding tert-OH is 1. The van der Waals surface area contributed by atoms with Gasteiger partial charge in [-0.05, 0) is 18.9 Å². The fourth-order valence-electron chi connectivity index (χ4n) is 3.04. The van der Waals surface area contributed by atoms with E-state index in [2.05, 4.69) is 10.6 Å². The van der Waals surface area contributed by atoms with Gasteiger partial charge >= 0.3 is 6.03 Å². The van der Waals surface area contributed by atoms with Crippen molar-refractivity contribution in [3.8, 4) is 5.75 Å². The van der Waals surface area contributed by atoms with Crippen molar-refractivity contribution in [2.45, 2.75) is 44.7 Å². The summed E-state index contributed by atoms with van der Waals surface area (Å²) >= 11 is 0. The highest BCUT2D eigenvalue weighted by Crippen LogP contribution is 2.23. The Morgan fingerprint density at radius 1 is 1.27 bits per heavy atom. The standard InChI is InChI=1S/C17H26N2O3/c1-22-16-10-6-5-7-13(16)11-18-17(21)19-15-9-4-2-3-8-14(15)12-20/h5-7,10,14-15,20H,2-4,8-9,11-12H2,1H3,(H2,18,19,21). The van der Waals surface area contributed by atoms with Crippen LogP contribution < -0.4 is 15.4 Å². The zero-order chi connectivity index (χ0) is 15.8. The molecule has 0 radical (unpaired) electrons. The molecule has 1 saturated carbocycles. The third-order valence-corrected chi connectivity index (χ3v) is 4.34. The van der Waals surface area contributed by atoms with Crippen molar-refractivity contribution in [3.05, 3.63) is 29.8 Å². The van der Waals surface area contributed by atoms with Crippen molar-refractivity contribution in [1.82, 2.24) is 10.6 Å². The van der Waals surface area contributed by atoms with Crippen LogP contribution in [0.3, 0.4) is 0 Å². The molecule has 5 heteroatoms. The molecule has 1 aliphatic rings. The zero-order valence-corrected chi connectivity index (χ0v) is 13.2. The smallest absolute Gasteiger partial charge is 0.315 e. The van der Waals surface area contributed by atoms with Crippen LogP contribution in [0, 0.1) is 5.92 Å². The summed E-state index contributed by atoms with van der Waals surface area (Å²) in [6.07, 6.45) is 5.33. The minimum absolute atomic E-state index is 0.0603. The molecule has 1 fully saturated rings. The van der Waals surface area contributed by atoms with Gasteiger partial charge in [0.25, 0.3) is 0 Å². The Hall–Kier alpha value is -1.75. The van der Waals surface area contributed by atoms with Gasteiger partial charge in [-0.2, -0.15) is 0 Å². The summed E-state index contributed by atoms with van der Waals surface area (Å²) in [5.74, 6) is 0.935. The van der Waals surface area contributed by atoms with Crippen LogP contribution in [0.25, 0.3) is 0 Å². The number of rotatable bonds is 5. The lowest BCUT2D eigenvalue weighted by Crippen LogP contribution is -2.45. The molecule has 0 aliphatic heterocycles. The number of aliphatic hydroxyl groups is 1. The number of benzene rings is 1. The maximum Gasteiger partial charge on any atom is 0.315 e. The predicted octanol–water partition coefficient (Wildman–Crippen LogP) is 2.44. The summed E-state index contributed by atoms with van der Waals surface area (Å²) in [4.78, 5) is 12.1. The van der Waals surface area contributed by atoms with Crippen molar-refractivity contribution in [1.29, 1.82) is 0 Å². The molecule has 5 nitrogen and oxygen atoms in total. The number of urea groups is 1. The van der Waals surface area contributed by atoms with Crippen LogP contribution >= 0.6 is 0 Å². The Labute approximate surface area is 132 Å². The lowest BCUT2D eigenvalue weighted by molar-refractivity contribution is 0.179. The number of amides is 2. The van der Waals surface area contributed by atoms with Crippen LogP contribution in [0.15, 0.2) is 24.3 Å². The Balaban J connectivity index is 1.86. The van der Waals surface area contributed by atoms with Crippen LogP contribution in [0.1, 0.15) is 37.7 Å². The van der Waals surface area contributed by atoms with E-state index in [1.807, 2.05) is 24.3 Å². The van der Waals surface area contributed by atoms with Crippen molar-refractivity contribution in [2.75, 3.05) is 13.7 Å². The molecule has 0 bridgehead atoms. The molecule has 1 aliphatic carbocycles. The van der Waals surface area contributed by atoms with Crippen LogP contribution in [0.5, 0.6) is 5.75 Å². The lowest BCUT2D eigenvalue weighted by Gasteiger charge is -2.24. The summed E-state index contributed by atoms with van der Waals surface area (Å²) in [6.45, 7) is 0.559. The van der Waals surface area contributed by atoms with Gasteiger partial charge in [0.2, 0.25) is 0 Å². The monoisotopic (exact) mass is 306 g/mol. The number of nitrogens with one attached hydrogen (secondary N) is 2. The molecule has 0 saturated heterocycles. The first kappa shape index (κ1) is 16.6. The largest absolute Gasteiger partial charge is 0.496 e. The van der Waals surface area contributed by atoms with Crippen LogP contribution in [-0.2, 0) is 6.54 Å². The summed E-state index contributed by atoms with van der Waals surface area (Å²) in [7, 11) is 1.62. The van der Waals surface area contributed by atoms with E-state index in [1.165, 1.54) is 6.42 Å². The second kappa shape index (κ2) is 8.63. The van der Waals surface area contributed by atoms with E-state index in [9.17, 15) is 9.90 Å². The zero-order valence-electron chi connectivity index (χ0n) is 13.2. The van der Waals surface area contributed by atoms with Gasteiger partial charge in [-0.1, -0.05) is 37.5 Å². The maximum atomic E-state index is 12.1. The van der Waals surface area contributed by atoms with Gasteiger partial charge in [0.15, 0.2) is 0 Å². The van der Waals surface area contributed by atoms with E-state index < -0.39 is 0 Å². The molecular formula is C17H26N2O3.